The summed E-state index contributed by atoms with van der Waals surface area (Å²) in [4.78, 5) is 13.0. The quantitative estimate of drug-likeness (QED) is 0.764. The molecule has 1 atom stereocenters. The summed E-state index contributed by atoms with van der Waals surface area (Å²) < 4.78 is 45.4. The minimum atomic E-state index is -3.68. The van der Waals surface area contributed by atoms with Crippen LogP contribution in [0.4, 0.5) is 4.39 Å². The van der Waals surface area contributed by atoms with Gasteiger partial charge in [0.1, 0.15) is 11.6 Å². The van der Waals surface area contributed by atoms with Crippen molar-refractivity contribution >= 4 is 15.9 Å². The molecule has 2 aliphatic rings. The van der Waals surface area contributed by atoms with Crippen LogP contribution in [0.1, 0.15) is 42.9 Å². The minimum absolute atomic E-state index is 0.0208. The van der Waals surface area contributed by atoms with E-state index in [0.29, 0.717) is 12.8 Å². The molecule has 2 aromatic rings. The Morgan fingerprint density at radius 1 is 1.10 bits per heavy atom. The lowest BCUT2D eigenvalue weighted by atomic mass is 9.86. The predicted octanol–water partition coefficient (Wildman–Crippen LogP) is 3.43. The summed E-state index contributed by atoms with van der Waals surface area (Å²) in [6.45, 7) is 0.548. The van der Waals surface area contributed by atoms with E-state index < -0.39 is 15.8 Å². The summed E-state index contributed by atoms with van der Waals surface area (Å²) >= 11 is 0. The fraction of sp³-hybridized carbons (Fsp3) is 0.435. The van der Waals surface area contributed by atoms with E-state index in [2.05, 4.69) is 5.32 Å². The molecule has 1 N–H and O–H groups in total. The number of nitrogens with one attached hydrogen (secondary N) is 1. The maximum atomic E-state index is 13.1. The van der Waals surface area contributed by atoms with E-state index in [9.17, 15) is 17.6 Å². The van der Waals surface area contributed by atoms with E-state index in [0.717, 1.165) is 42.7 Å². The van der Waals surface area contributed by atoms with E-state index in [4.69, 9.17) is 4.74 Å². The van der Waals surface area contributed by atoms with Crippen LogP contribution >= 0.6 is 0 Å². The number of carbonyl (C=O) groups is 1. The number of hydrogen-bond donors (Lipinski definition) is 1. The van der Waals surface area contributed by atoms with Crippen molar-refractivity contribution in [3.05, 3.63) is 59.4 Å². The molecule has 1 saturated heterocycles. The SMILES string of the molecule is COc1ccc2c(c1)CCC[C@H]2NC(=O)C1CCN(S(=O)(=O)c2ccc(F)cc2)CC1. The molecule has 4 rings (SSSR count). The third-order valence-corrected chi connectivity index (χ3v) is 8.17. The average Bonchev–Trinajstić information content (AvgIpc) is 2.79. The molecule has 1 aliphatic heterocycles. The minimum Gasteiger partial charge on any atom is -0.497 e. The molecule has 1 aliphatic carbocycles. The highest BCUT2D eigenvalue weighted by atomic mass is 32.2. The molecule has 1 heterocycles. The Kier molecular flexibility index (Phi) is 6.29. The maximum Gasteiger partial charge on any atom is 0.243 e. The van der Waals surface area contributed by atoms with Crippen LogP contribution in [0.3, 0.4) is 0 Å². The largest absolute Gasteiger partial charge is 0.497 e. The number of ether oxygens (including phenoxy) is 1. The Hall–Kier alpha value is -2.45. The summed E-state index contributed by atoms with van der Waals surface area (Å²) in [6, 6.07) is 10.8. The number of nitrogens with zero attached hydrogens (tertiary/aromatic N) is 1. The highest BCUT2D eigenvalue weighted by Crippen LogP contribution is 2.33. The van der Waals surface area contributed by atoms with Crippen molar-refractivity contribution in [3.8, 4) is 5.75 Å². The van der Waals surface area contributed by atoms with Crippen LogP contribution in [0.25, 0.3) is 0 Å². The number of fused-ring (bicyclic) bond motifs is 1. The highest BCUT2D eigenvalue weighted by Gasteiger charge is 2.33. The van der Waals surface area contributed by atoms with Gasteiger partial charge in [-0.05, 0) is 79.6 Å². The number of aryl methyl sites for hydroxylation is 1. The standard InChI is InChI=1S/C23H27FN2O4S/c1-30-19-7-10-21-17(15-19)3-2-4-22(21)25-23(27)16-11-13-26(14-12-16)31(28,29)20-8-5-18(24)6-9-20/h5-10,15-16,22H,2-4,11-14H2,1H3,(H,25,27)/t22-/m1/s1. The van der Waals surface area contributed by atoms with Crippen LogP contribution in [-0.2, 0) is 21.2 Å². The van der Waals surface area contributed by atoms with E-state index in [-0.39, 0.29) is 35.9 Å². The molecule has 0 saturated carbocycles. The van der Waals surface area contributed by atoms with Crippen molar-refractivity contribution in [2.75, 3.05) is 20.2 Å². The Balaban J connectivity index is 1.38. The molecule has 1 fully saturated rings. The zero-order valence-corrected chi connectivity index (χ0v) is 18.3. The smallest absolute Gasteiger partial charge is 0.243 e. The Morgan fingerprint density at radius 2 is 1.81 bits per heavy atom. The zero-order valence-electron chi connectivity index (χ0n) is 17.5. The number of rotatable bonds is 5. The first-order valence-corrected chi connectivity index (χ1v) is 12.1. The number of carbonyl (C=O) groups excluding carboxylic acids is 1. The van der Waals surface area contributed by atoms with Gasteiger partial charge in [-0.15, -0.1) is 0 Å². The molecule has 6 nitrogen and oxygen atoms in total. The summed E-state index contributed by atoms with van der Waals surface area (Å²) in [5, 5.41) is 3.18. The molecular weight excluding hydrogens is 419 g/mol. The third-order valence-electron chi connectivity index (χ3n) is 6.26. The molecule has 0 radical (unpaired) electrons. The summed E-state index contributed by atoms with van der Waals surface area (Å²) in [6.07, 6.45) is 3.80. The first-order valence-electron chi connectivity index (χ1n) is 10.6. The first-order chi connectivity index (χ1) is 14.9. The van der Waals surface area contributed by atoms with E-state index in [1.54, 1.807) is 7.11 Å². The molecule has 2 aromatic carbocycles. The Bertz CT molecular complexity index is 1050. The normalized spacial score (nSPS) is 20.1. The second kappa shape index (κ2) is 8.96. The van der Waals surface area contributed by atoms with E-state index in [1.807, 2.05) is 18.2 Å². The van der Waals surface area contributed by atoms with Crippen molar-refractivity contribution in [2.45, 2.75) is 43.0 Å². The Morgan fingerprint density at radius 3 is 2.48 bits per heavy atom. The summed E-state index contributed by atoms with van der Waals surface area (Å²) in [5.41, 5.74) is 2.34. The fourth-order valence-corrected chi connectivity index (χ4v) is 5.94. The lowest BCUT2D eigenvalue weighted by Crippen LogP contribution is -2.44. The molecule has 0 bridgehead atoms. The molecule has 0 unspecified atom stereocenters. The van der Waals surface area contributed by atoms with Gasteiger partial charge < -0.3 is 10.1 Å². The van der Waals surface area contributed by atoms with Crippen LogP contribution < -0.4 is 10.1 Å². The van der Waals surface area contributed by atoms with Gasteiger partial charge in [0.2, 0.25) is 15.9 Å². The van der Waals surface area contributed by atoms with Crippen LogP contribution in [-0.4, -0.2) is 38.8 Å². The molecule has 166 valence electrons. The van der Waals surface area contributed by atoms with E-state index >= 15 is 0 Å². The molecule has 0 spiro atoms. The first kappa shape index (κ1) is 21.8. The van der Waals surface area contributed by atoms with E-state index in [1.165, 1.54) is 22.0 Å². The van der Waals surface area contributed by atoms with Crippen molar-refractivity contribution in [1.29, 1.82) is 0 Å². The zero-order chi connectivity index (χ0) is 22.0. The highest BCUT2D eigenvalue weighted by molar-refractivity contribution is 7.89. The number of halogens is 1. The molecule has 8 heteroatoms. The van der Waals surface area contributed by atoms with Gasteiger partial charge in [-0.25, -0.2) is 12.8 Å². The number of piperidine rings is 1. The van der Waals surface area contributed by atoms with Gasteiger partial charge >= 0.3 is 0 Å². The molecule has 1 amide bonds. The Labute approximate surface area is 182 Å². The number of hydrogen-bond acceptors (Lipinski definition) is 4. The average molecular weight is 447 g/mol. The van der Waals surface area contributed by atoms with Crippen LogP contribution in [0.2, 0.25) is 0 Å². The topological polar surface area (TPSA) is 75.7 Å². The van der Waals surface area contributed by atoms with Crippen molar-refractivity contribution < 1.29 is 22.3 Å². The van der Waals surface area contributed by atoms with Gasteiger partial charge in [0.05, 0.1) is 18.0 Å². The van der Waals surface area contributed by atoms with Crippen molar-refractivity contribution in [2.24, 2.45) is 5.92 Å². The van der Waals surface area contributed by atoms with Crippen LogP contribution in [0.15, 0.2) is 47.4 Å². The van der Waals surface area contributed by atoms with Crippen LogP contribution in [0.5, 0.6) is 5.75 Å². The fourth-order valence-electron chi connectivity index (χ4n) is 4.47. The van der Waals surface area contributed by atoms with Gasteiger partial charge in [0, 0.05) is 19.0 Å². The molecular formula is C23H27FN2O4S. The molecule has 0 aromatic heterocycles. The lowest BCUT2D eigenvalue weighted by Gasteiger charge is -2.32. The summed E-state index contributed by atoms with van der Waals surface area (Å²) in [7, 11) is -2.03. The monoisotopic (exact) mass is 446 g/mol. The second-order valence-electron chi connectivity index (χ2n) is 8.15. The maximum absolute atomic E-state index is 13.1. The van der Waals surface area contributed by atoms with Crippen LogP contribution in [0, 0.1) is 11.7 Å². The van der Waals surface area contributed by atoms with Gasteiger partial charge in [0.25, 0.3) is 0 Å². The summed E-state index contributed by atoms with van der Waals surface area (Å²) in [5.74, 6) is 0.105. The predicted molar refractivity (Wildman–Crippen MR) is 115 cm³/mol. The van der Waals surface area contributed by atoms with Gasteiger partial charge in [-0.1, -0.05) is 6.07 Å². The second-order valence-corrected chi connectivity index (χ2v) is 10.1. The van der Waals surface area contributed by atoms with Gasteiger partial charge in [-0.2, -0.15) is 4.31 Å². The third kappa shape index (κ3) is 4.60. The molecule has 31 heavy (non-hydrogen) atoms. The number of amides is 1. The lowest BCUT2D eigenvalue weighted by molar-refractivity contribution is -0.127. The van der Waals surface area contributed by atoms with Gasteiger partial charge in [0.15, 0.2) is 0 Å². The van der Waals surface area contributed by atoms with Crippen molar-refractivity contribution in [3.63, 3.8) is 0 Å². The number of sulfonamides is 1. The number of methoxy groups -OCH3 is 1. The van der Waals surface area contributed by atoms with Crippen molar-refractivity contribution in [1.82, 2.24) is 9.62 Å². The number of benzene rings is 2. The van der Waals surface area contributed by atoms with Gasteiger partial charge in [-0.3, -0.25) is 4.79 Å².